The predicted molar refractivity (Wildman–Crippen MR) is 173 cm³/mol. The van der Waals surface area contributed by atoms with Crippen molar-refractivity contribution in [3.63, 3.8) is 0 Å². The minimum atomic E-state index is -2.05. The van der Waals surface area contributed by atoms with Crippen molar-refractivity contribution in [1.29, 1.82) is 0 Å². The van der Waals surface area contributed by atoms with Gasteiger partial charge >= 0.3 is 0 Å². The molecule has 2 aromatic carbocycles. The molecule has 0 radical (unpaired) electrons. The minimum Gasteiger partial charge on any atom is -0.508 e. The Bertz CT molecular complexity index is 1850. The van der Waals surface area contributed by atoms with Crippen LogP contribution in [0.2, 0.25) is 0 Å². The Hall–Kier alpha value is -3.91. The second-order valence-corrected chi connectivity index (χ2v) is 13.1. The Kier molecular flexibility index (Phi) is 11.5. The monoisotopic (exact) mass is 772 g/mol. The first kappa shape index (κ1) is 39.8. The van der Waals surface area contributed by atoms with Gasteiger partial charge in [-0.15, -0.1) is 0 Å². The highest BCUT2D eigenvalue weighted by Gasteiger charge is 2.51. The van der Waals surface area contributed by atoms with Crippen molar-refractivity contribution >= 4 is 11.0 Å². The maximum absolute atomic E-state index is 13.8. The molecule has 3 aliphatic heterocycles. The highest BCUT2D eigenvalue weighted by molar-refractivity contribution is 5.88. The largest absolute Gasteiger partial charge is 0.508 e. The van der Waals surface area contributed by atoms with Gasteiger partial charge in [-0.3, -0.25) is 4.79 Å². The first-order valence-electron chi connectivity index (χ1n) is 16.5. The highest BCUT2D eigenvalue weighted by atomic mass is 16.7. The molecule has 0 aliphatic carbocycles. The van der Waals surface area contributed by atoms with Gasteiger partial charge in [-0.2, -0.15) is 0 Å². The van der Waals surface area contributed by atoms with E-state index in [2.05, 4.69) is 0 Å². The average Bonchev–Trinajstić information content (AvgIpc) is 3.13. The number of ether oxygens (including phenoxy) is 6. The molecule has 0 saturated carbocycles. The summed E-state index contributed by atoms with van der Waals surface area (Å²) in [6, 6.07) is 5.10. The van der Waals surface area contributed by atoms with Crippen LogP contribution in [0.4, 0.5) is 0 Å². The molecule has 7 unspecified atom stereocenters. The van der Waals surface area contributed by atoms with Gasteiger partial charge in [0.25, 0.3) is 0 Å². The summed E-state index contributed by atoms with van der Waals surface area (Å²) in [5, 5.41) is 134. The maximum Gasteiger partial charge on any atom is 0.239 e. The number of phenols is 4. The lowest BCUT2D eigenvalue weighted by atomic mass is 9.97. The van der Waals surface area contributed by atoms with E-state index in [0.29, 0.717) is 0 Å². The summed E-state index contributed by atoms with van der Waals surface area (Å²) >= 11 is 0. The molecule has 3 aromatic rings. The van der Waals surface area contributed by atoms with Gasteiger partial charge in [0.15, 0.2) is 29.8 Å². The van der Waals surface area contributed by atoms with E-state index in [1.54, 1.807) is 0 Å². The summed E-state index contributed by atoms with van der Waals surface area (Å²) in [5.74, 6) is -3.58. The summed E-state index contributed by atoms with van der Waals surface area (Å²) in [4.78, 5) is 13.8. The molecule has 3 aliphatic rings. The van der Waals surface area contributed by atoms with Crippen molar-refractivity contribution < 1.29 is 99.2 Å². The van der Waals surface area contributed by atoms with Crippen LogP contribution in [0, 0.1) is 0 Å². The molecule has 0 spiro atoms. The van der Waals surface area contributed by atoms with Crippen LogP contribution in [-0.4, -0.2) is 172 Å². The van der Waals surface area contributed by atoms with Crippen LogP contribution in [0.5, 0.6) is 28.7 Å². The topological polar surface area (TPSA) is 349 Å². The number of aromatic hydroxyl groups is 4. The zero-order chi connectivity index (χ0) is 39.3. The minimum absolute atomic E-state index is 0.0758. The standard InChI is InChI=1S/C33H40O21/c1-9-19(39)29(53-32-25(45)23(43)20(40)16(7-34)51-32)27(47)31(49-9)48-8-17-21(41)24(44)26(46)33(52-17)54-30-22(42)18-14(38)5-11(35)6-15(18)50-28(30)10-2-3-12(36)13(37)4-10/h2-6,9,16-17,19-21,23-27,29,31-41,43-47H,7-8H2,1H3/t9?,16?,17?,19-,20+,21+,23-,24?,25?,26?,27?,29-,31+,32-,33-/m0/s1. The molecular weight excluding hydrogens is 732 g/mol. The van der Waals surface area contributed by atoms with Crippen LogP contribution in [0.1, 0.15) is 6.92 Å². The van der Waals surface area contributed by atoms with Crippen molar-refractivity contribution in [2.75, 3.05) is 13.2 Å². The van der Waals surface area contributed by atoms with Crippen LogP contribution >= 0.6 is 0 Å². The average molecular weight is 773 g/mol. The van der Waals surface area contributed by atoms with Gasteiger partial charge in [-0.1, -0.05) is 0 Å². The molecule has 21 heteroatoms. The lowest BCUT2D eigenvalue weighted by Crippen LogP contribution is -2.64. The zero-order valence-electron chi connectivity index (χ0n) is 28.0. The van der Waals surface area contributed by atoms with Gasteiger partial charge in [0.1, 0.15) is 89.6 Å². The van der Waals surface area contributed by atoms with Gasteiger partial charge < -0.3 is 99.2 Å². The van der Waals surface area contributed by atoms with Gasteiger partial charge in [0.05, 0.1) is 19.3 Å². The van der Waals surface area contributed by atoms with Gasteiger partial charge in [0, 0.05) is 17.7 Å². The van der Waals surface area contributed by atoms with Gasteiger partial charge in [0.2, 0.25) is 17.5 Å². The highest BCUT2D eigenvalue weighted by Crippen LogP contribution is 2.40. The summed E-state index contributed by atoms with van der Waals surface area (Å²) < 4.78 is 39.3. The van der Waals surface area contributed by atoms with E-state index in [1.807, 2.05) is 0 Å². The Morgan fingerprint density at radius 3 is 1.98 bits per heavy atom. The SMILES string of the molecule is CC1O[C@@H](OCC2O[C@@H](Oc3c(-c4ccc(O)c(O)c4)oc4cc(O)cc(O)c4c3=O)C(O)C(O)[C@@H]2O)C(O)[C@@H](O[C@@H]2OC(CO)[C@@H](O)[C@H](O)C2O)[C@H]1O. The molecule has 3 saturated heterocycles. The van der Waals surface area contributed by atoms with Gasteiger partial charge in [-0.25, -0.2) is 0 Å². The van der Waals surface area contributed by atoms with Crippen molar-refractivity contribution in [2.24, 2.45) is 0 Å². The molecule has 1 aromatic heterocycles. The molecule has 21 nitrogen and oxygen atoms in total. The van der Waals surface area contributed by atoms with Crippen LogP contribution in [0.25, 0.3) is 22.3 Å². The Balaban J connectivity index is 1.23. The van der Waals surface area contributed by atoms with Gasteiger partial charge in [-0.05, 0) is 25.1 Å². The smallest absolute Gasteiger partial charge is 0.239 e. The summed E-state index contributed by atoms with van der Waals surface area (Å²) in [7, 11) is 0. The van der Waals surface area contributed by atoms with E-state index in [9.17, 15) is 71.2 Å². The Morgan fingerprint density at radius 1 is 0.667 bits per heavy atom. The predicted octanol–water partition coefficient (Wildman–Crippen LogP) is -3.86. The quantitative estimate of drug-likeness (QED) is 0.0925. The van der Waals surface area contributed by atoms with Crippen LogP contribution in [-0.2, 0) is 23.7 Å². The first-order chi connectivity index (χ1) is 25.5. The maximum atomic E-state index is 13.8. The molecule has 4 heterocycles. The van der Waals surface area contributed by atoms with E-state index >= 15 is 0 Å². The molecule has 13 N–H and O–H groups in total. The fraction of sp³-hybridized carbons (Fsp3) is 0.545. The van der Waals surface area contributed by atoms with Crippen molar-refractivity contribution in [3.8, 4) is 40.1 Å². The molecule has 54 heavy (non-hydrogen) atoms. The third-order valence-electron chi connectivity index (χ3n) is 9.40. The van der Waals surface area contributed by atoms with Crippen LogP contribution < -0.4 is 10.2 Å². The summed E-state index contributed by atoms with van der Waals surface area (Å²) in [5.41, 5.74) is -1.48. The number of hydrogen-bond donors (Lipinski definition) is 13. The van der Waals surface area contributed by atoms with Crippen molar-refractivity contribution in [1.82, 2.24) is 0 Å². The molecule has 0 amide bonds. The zero-order valence-corrected chi connectivity index (χ0v) is 28.0. The van der Waals surface area contributed by atoms with Crippen molar-refractivity contribution in [3.05, 3.63) is 40.6 Å². The van der Waals surface area contributed by atoms with E-state index in [0.717, 1.165) is 24.3 Å². The van der Waals surface area contributed by atoms with Crippen LogP contribution in [0.3, 0.4) is 0 Å². The van der Waals surface area contributed by atoms with E-state index in [4.69, 9.17) is 32.8 Å². The summed E-state index contributed by atoms with van der Waals surface area (Å²) in [6.07, 6.45) is -26.0. The van der Waals surface area contributed by atoms with E-state index in [-0.39, 0.29) is 11.1 Å². The van der Waals surface area contributed by atoms with E-state index in [1.165, 1.54) is 13.0 Å². The summed E-state index contributed by atoms with van der Waals surface area (Å²) in [6.45, 7) is -0.138. The first-order valence-corrected chi connectivity index (χ1v) is 16.5. The molecule has 0 bridgehead atoms. The molecule has 6 rings (SSSR count). The fourth-order valence-electron chi connectivity index (χ4n) is 6.32. The Morgan fingerprint density at radius 2 is 1.31 bits per heavy atom. The lowest BCUT2D eigenvalue weighted by Gasteiger charge is -2.46. The fourth-order valence-corrected chi connectivity index (χ4v) is 6.32. The molecule has 298 valence electrons. The normalized spacial score (nSPS) is 37.3. The number of benzene rings is 2. The second kappa shape index (κ2) is 15.7. The second-order valence-electron chi connectivity index (χ2n) is 13.1. The number of rotatable bonds is 9. The molecular formula is C33H40O21. The number of hydrogen-bond acceptors (Lipinski definition) is 21. The molecule has 15 atom stereocenters. The lowest BCUT2D eigenvalue weighted by molar-refractivity contribution is -0.361. The molecule has 3 fully saturated rings. The number of aliphatic hydroxyl groups is 9. The number of phenolic OH excluding ortho intramolecular Hbond substituents is 4. The number of aliphatic hydroxyl groups excluding tert-OH is 9. The van der Waals surface area contributed by atoms with Crippen LogP contribution in [0.15, 0.2) is 39.5 Å². The Labute approximate surface area is 303 Å². The van der Waals surface area contributed by atoms with Crippen molar-refractivity contribution in [2.45, 2.75) is 99.0 Å². The third-order valence-corrected chi connectivity index (χ3v) is 9.40. The third kappa shape index (κ3) is 7.39. The number of fused-ring (bicyclic) bond motifs is 1. The van der Waals surface area contributed by atoms with E-state index < -0.39 is 151 Å².